The molecule has 0 amide bonds. The van der Waals surface area contributed by atoms with Gasteiger partial charge in [-0.3, -0.25) is 14.3 Å². The van der Waals surface area contributed by atoms with Crippen molar-refractivity contribution >= 4 is 26.8 Å². The van der Waals surface area contributed by atoms with Gasteiger partial charge in [-0.25, -0.2) is 33.3 Å². The highest BCUT2D eigenvalue weighted by Gasteiger charge is 2.30. The first-order valence-electron chi connectivity index (χ1n) is 13.2. The van der Waals surface area contributed by atoms with Crippen molar-refractivity contribution in [1.82, 2.24) is 34.5 Å². The molecule has 0 saturated heterocycles. The molecule has 4 aromatic heterocycles. The Hall–Kier alpha value is -3.80. The topological polar surface area (TPSA) is 146 Å². The summed E-state index contributed by atoms with van der Waals surface area (Å²) >= 11 is 0. The third kappa shape index (κ3) is 5.12. The Morgan fingerprint density at radius 3 is 2.46 bits per heavy atom. The molecule has 4 aromatic rings. The summed E-state index contributed by atoms with van der Waals surface area (Å²) in [5.41, 5.74) is 4.52. The van der Waals surface area contributed by atoms with E-state index in [0.717, 1.165) is 29.8 Å². The lowest BCUT2D eigenvalue weighted by Crippen LogP contribution is -2.29. The fourth-order valence-electron chi connectivity index (χ4n) is 4.51. The maximum atomic E-state index is 13.7. The second-order valence-electron chi connectivity index (χ2n) is 9.93. The first-order valence-corrected chi connectivity index (χ1v) is 14.8. The van der Waals surface area contributed by atoms with Crippen LogP contribution in [0.3, 0.4) is 0 Å². The van der Waals surface area contributed by atoms with Crippen molar-refractivity contribution in [3.8, 4) is 11.4 Å². The molecule has 0 unspecified atom stereocenters. The van der Waals surface area contributed by atoms with Gasteiger partial charge >= 0.3 is 0 Å². The van der Waals surface area contributed by atoms with Crippen LogP contribution in [0.1, 0.15) is 74.8 Å². The molecule has 0 bridgehead atoms. The molecule has 0 aromatic carbocycles. The van der Waals surface area contributed by atoms with E-state index in [1.165, 1.54) is 12.3 Å². The predicted octanol–water partition coefficient (Wildman–Crippen LogP) is 3.91. The number of aryl methyl sites for hydroxylation is 2. The lowest BCUT2D eigenvalue weighted by Gasteiger charge is -2.19. The number of sulfone groups is 1. The number of nitrogens with one attached hydrogen (secondary N) is 1. The molecule has 1 aliphatic carbocycles. The van der Waals surface area contributed by atoms with E-state index in [0.29, 0.717) is 40.7 Å². The van der Waals surface area contributed by atoms with Crippen molar-refractivity contribution in [3.63, 3.8) is 0 Å². The highest BCUT2D eigenvalue weighted by Crippen LogP contribution is 2.43. The molecular weight excluding hydrogens is 516 g/mol. The van der Waals surface area contributed by atoms with Crippen molar-refractivity contribution in [2.45, 2.75) is 77.3 Å². The van der Waals surface area contributed by atoms with Gasteiger partial charge in [0.1, 0.15) is 11.8 Å². The monoisotopic (exact) mass is 548 g/mol. The van der Waals surface area contributed by atoms with E-state index in [2.05, 4.69) is 25.3 Å². The van der Waals surface area contributed by atoms with Gasteiger partial charge in [-0.1, -0.05) is 13.8 Å². The molecule has 1 fully saturated rings. The molecule has 4 heterocycles. The van der Waals surface area contributed by atoms with Crippen molar-refractivity contribution in [3.05, 3.63) is 57.8 Å². The van der Waals surface area contributed by atoms with Crippen LogP contribution in [0, 0.1) is 13.8 Å². The Balaban J connectivity index is 1.57. The molecule has 1 N–H and O–H groups in total. The molecule has 0 radical (unpaired) electrons. The van der Waals surface area contributed by atoms with Gasteiger partial charge in [-0.2, -0.15) is 0 Å². The van der Waals surface area contributed by atoms with Crippen molar-refractivity contribution in [2.75, 3.05) is 11.1 Å². The zero-order valence-corrected chi connectivity index (χ0v) is 23.6. The van der Waals surface area contributed by atoms with Crippen LogP contribution in [-0.4, -0.2) is 48.6 Å². The minimum Gasteiger partial charge on any atom is -0.360 e. The SMILES string of the molecule is CC[C@H](C)n1c(=O)c(NCc2ccc(S(=O)(=O)CC)cn2)nc2c(C)nc(-c3c(C)ncnc3C3CC3)nc21. The number of nitrogens with zero attached hydrogens (tertiary/aromatic N) is 7. The first kappa shape index (κ1) is 26.8. The van der Waals surface area contributed by atoms with Crippen LogP contribution in [0.25, 0.3) is 22.6 Å². The van der Waals surface area contributed by atoms with Gasteiger partial charge in [0.2, 0.25) is 0 Å². The predicted molar refractivity (Wildman–Crippen MR) is 148 cm³/mol. The highest BCUT2D eigenvalue weighted by atomic mass is 32.2. The minimum atomic E-state index is -3.34. The molecule has 1 aliphatic rings. The Bertz CT molecular complexity index is 1710. The van der Waals surface area contributed by atoms with Crippen LogP contribution in [0.5, 0.6) is 0 Å². The van der Waals surface area contributed by atoms with Gasteiger partial charge in [0, 0.05) is 18.2 Å². The summed E-state index contributed by atoms with van der Waals surface area (Å²) in [6.45, 7) is 9.57. The number of rotatable bonds is 9. The van der Waals surface area contributed by atoms with Crippen molar-refractivity contribution in [1.29, 1.82) is 0 Å². The zero-order chi connectivity index (χ0) is 27.9. The van der Waals surface area contributed by atoms with Gasteiger partial charge in [0.05, 0.1) is 45.5 Å². The van der Waals surface area contributed by atoms with Crippen LogP contribution in [-0.2, 0) is 16.4 Å². The van der Waals surface area contributed by atoms with Gasteiger partial charge < -0.3 is 5.32 Å². The largest absolute Gasteiger partial charge is 0.360 e. The minimum absolute atomic E-state index is 0.00430. The van der Waals surface area contributed by atoms with E-state index in [1.54, 1.807) is 23.9 Å². The molecule has 5 rings (SSSR count). The second kappa shape index (κ2) is 10.4. The van der Waals surface area contributed by atoms with E-state index in [1.807, 2.05) is 27.7 Å². The van der Waals surface area contributed by atoms with Gasteiger partial charge in [0.15, 0.2) is 27.1 Å². The van der Waals surface area contributed by atoms with E-state index in [4.69, 9.17) is 9.97 Å². The maximum Gasteiger partial charge on any atom is 0.295 e. The average Bonchev–Trinajstić information content (AvgIpc) is 3.77. The fourth-order valence-corrected chi connectivity index (χ4v) is 5.34. The zero-order valence-electron chi connectivity index (χ0n) is 22.8. The number of pyridine rings is 1. The lowest BCUT2D eigenvalue weighted by molar-refractivity contribution is 0.526. The van der Waals surface area contributed by atoms with Crippen molar-refractivity contribution < 1.29 is 8.42 Å². The fraction of sp³-hybridized carbons (Fsp3) is 0.444. The standard InChI is InChI=1S/C27H32N8O3S/c1-6-15(3)35-26-22(17(5)32-24(34-26)21-16(4)30-14-31-23(21)18-8-9-18)33-25(27(35)36)29-12-19-10-11-20(13-28-19)39(37,38)7-2/h10-11,13-15,18H,6-9,12H2,1-5H3,(H,29,33)/t15-/m0/s1. The van der Waals surface area contributed by atoms with Crippen LogP contribution in [0.2, 0.25) is 0 Å². The van der Waals surface area contributed by atoms with Gasteiger partial charge in [0.25, 0.3) is 5.56 Å². The van der Waals surface area contributed by atoms with Gasteiger partial charge in [-0.15, -0.1) is 0 Å². The summed E-state index contributed by atoms with van der Waals surface area (Å²) in [4.78, 5) is 41.4. The van der Waals surface area contributed by atoms with E-state index >= 15 is 0 Å². The Kier molecular flexibility index (Phi) is 7.15. The van der Waals surface area contributed by atoms with Gasteiger partial charge in [-0.05, 0) is 52.2 Å². The molecule has 204 valence electrons. The third-order valence-corrected chi connectivity index (χ3v) is 8.89. The smallest absolute Gasteiger partial charge is 0.295 e. The van der Waals surface area contributed by atoms with E-state index in [9.17, 15) is 13.2 Å². The number of hydrogen-bond donors (Lipinski definition) is 1. The molecule has 0 aliphatic heterocycles. The van der Waals surface area contributed by atoms with Crippen LogP contribution < -0.4 is 10.9 Å². The van der Waals surface area contributed by atoms with Crippen LogP contribution in [0.4, 0.5) is 5.82 Å². The lowest BCUT2D eigenvalue weighted by atomic mass is 10.1. The normalized spacial score (nSPS) is 14.5. The molecule has 11 nitrogen and oxygen atoms in total. The second-order valence-corrected chi connectivity index (χ2v) is 12.2. The molecule has 12 heteroatoms. The quantitative estimate of drug-likeness (QED) is 0.327. The third-order valence-electron chi connectivity index (χ3n) is 7.17. The Morgan fingerprint density at radius 2 is 1.82 bits per heavy atom. The molecule has 0 spiro atoms. The summed E-state index contributed by atoms with van der Waals surface area (Å²) in [6, 6.07) is 3.02. The summed E-state index contributed by atoms with van der Waals surface area (Å²) in [5.74, 6) is 1.05. The summed E-state index contributed by atoms with van der Waals surface area (Å²) in [7, 11) is -3.34. The molecule has 1 saturated carbocycles. The molecule has 1 atom stereocenters. The maximum absolute atomic E-state index is 13.7. The van der Waals surface area contributed by atoms with E-state index in [-0.39, 0.29) is 34.6 Å². The summed E-state index contributed by atoms with van der Waals surface area (Å²) in [6.07, 6.45) is 5.80. The number of aromatic nitrogens is 7. The van der Waals surface area contributed by atoms with E-state index < -0.39 is 9.84 Å². The number of hydrogen-bond acceptors (Lipinski definition) is 10. The molecule has 39 heavy (non-hydrogen) atoms. The summed E-state index contributed by atoms with van der Waals surface area (Å²) in [5, 5.41) is 3.10. The highest BCUT2D eigenvalue weighted by molar-refractivity contribution is 7.91. The average molecular weight is 549 g/mol. The number of fused-ring (bicyclic) bond motifs is 1. The Morgan fingerprint density at radius 1 is 1.05 bits per heavy atom. The van der Waals surface area contributed by atoms with Crippen LogP contribution >= 0.6 is 0 Å². The molecular formula is C27H32N8O3S. The summed E-state index contributed by atoms with van der Waals surface area (Å²) < 4.78 is 25.8. The number of anilines is 1. The first-order chi connectivity index (χ1) is 18.6. The van der Waals surface area contributed by atoms with Crippen LogP contribution in [0.15, 0.2) is 34.3 Å². The Labute approximate surface area is 227 Å². The van der Waals surface area contributed by atoms with Crippen molar-refractivity contribution in [2.24, 2.45) is 0 Å².